The van der Waals surface area contributed by atoms with E-state index in [2.05, 4.69) is 10.4 Å². The molecule has 3 rings (SSSR count). The zero-order chi connectivity index (χ0) is 14.1. The third-order valence-electron chi connectivity index (χ3n) is 3.44. The molecule has 6 nitrogen and oxygen atoms in total. The zero-order valence-corrected chi connectivity index (χ0v) is 11.2. The average molecular weight is 272 g/mol. The molecule has 104 valence electrons. The molecule has 1 aromatic heterocycles. The molecule has 2 aromatic rings. The summed E-state index contributed by atoms with van der Waals surface area (Å²) in [7, 11) is 0. The summed E-state index contributed by atoms with van der Waals surface area (Å²) in [6.45, 7) is 2.50. The fourth-order valence-corrected chi connectivity index (χ4v) is 2.12. The van der Waals surface area contributed by atoms with Crippen molar-refractivity contribution >= 4 is 5.69 Å². The summed E-state index contributed by atoms with van der Waals surface area (Å²) in [6.07, 6.45) is 4.38. The zero-order valence-electron chi connectivity index (χ0n) is 11.2. The molecule has 0 amide bonds. The molecule has 0 radical (unpaired) electrons. The summed E-state index contributed by atoms with van der Waals surface area (Å²) in [5.41, 5.74) is 2.59. The first-order valence-corrected chi connectivity index (χ1v) is 6.67. The SMILES string of the molecule is Cc1cc(-n2ccc(CNC3CC3)n2)ccc1[N+](=O)[O-]. The fourth-order valence-electron chi connectivity index (χ4n) is 2.12. The van der Waals surface area contributed by atoms with Gasteiger partial charge in [0.15, 0.2) is 0 Å². The average Bonchev–Trinajstić information content (AvgIpc) is 3.13. The van der Waals surface area contributed by atoms with Gasteiger partial charge in [-0.1, -0.05) is 0 Å². The highest BCUT2D eigenvalue weighted by Gasteiger charge is 2.20. The van der Waals surface area contributed by atoms with Crippen LogP contribution in [0, 0.1) is 17.0 Å². The molecule has 1 saturated carbocycles. The first kappa shape index (κ1) is 12.8. The minimum atomic E-state index is -0.368. The minimum Gasteiger partial charge on any atom is -0.308 e. The summed E-state index contributed by atoms with van der Waals surface area (Å²) in [5, 5.41) is 18.7. The molecule has 1 heterocycles. The van der Waals surface area contributed by atoms with Crippen LogP contribution in [0.3, 0.4) is 0 Å². The van der Waals surface area contributed by atoms with Crippen molar-refractivity contribution in [2.45, 2.75) is 32.4 Å². The van der Waals surface area contributed by atoms with Gasteiger partial charge in [0.25, 0.3) is 5.69 Å². The van der Waals surface area contributed by atoms with Gasteiger partial charge < -0.3 is 5.32 Å². The van der Waals surface area contributed by atoms with Gasteiger partial charge in [-0.2, -0.15) is 5.10 Å². The molecule has 0 bridgehead atoms. The maximum atomic E-state index is 10.8. The minimum absolute atomic E-state index is 0.136. The van der Waals surface area contributed by atoms with E-state index < -0.39 is 0 Å². The molecule has 0 unspecified atom stereocenters. The standard InChI is InChI=1S/C14H16N4O2/c1-10-8-13(4-5-14(10)18(19)20)17-7-6-12(16-17)9-15-11-2-3-11/h4-8,11,15H,2-3,9H2,1H3. The smallest absolute Gasteiger partial charge is 0.272 e. The lowest BCUT2D eigenvalue weighted by molar-refractivity contribution is -0.385. The molecule has 20 heavy (non-hydrogen) atoms. The van der Waals surface area contributed by atoms with Gasteiger partial charge in [-0.05, 0) is 38.0 Å². The lowest BCUT2D eigenvalue weighted by Gasteiger charge is -2.04. The molecule has 0 saturated heterocycles. The molecule has 1 N–H and O–H groups in total. The number of nitro groups is 1. The van der Waals surface area contributed by atoms with Crippen LogP contribution in [0.4, 0.5) is 5.69 Å². The molecule has 0 spiro atoms. The van der Waals surface area contributed by atoms with E-state index in [0.717, 1.165) is 17.9 Å². The molecule has 6 heteroatoms. The number of aryl methyl sites for hydroxylation is 1. The third kappa shape index (κ3) is 2.70. The monoisotopic (exact) mass is 272 g/mol. The lowest BCUT2D eigenvalue weighted by atomic mass is 10.2. The quantitative estimate of drug-likeness (QED) is 0.669. The van der Waals surface area contributed by atoms with Crippen LogP contribution in [-0.2, 0) is 6.54 Å². The van der Waals surface area contributed by atoms with E-state index in [4.69, 9.17) is 0 Å². The van der Waals surface area contributed by atoms with Gasteiger partial charge in [0, 0.05) is 30.4 Å². The Kier molecular flexibility index (Phi) is 3.23. The van der Waals surface area contributed by atoms with Crippen LogP contribution >= 0.6 is 0 Å². The molecular formula is C14H16N4O2. The van der Waals surface area contributed by atoms with Crippen molar-refractivity contribution in [2.75, 3.05) is 0 Å². The van der Waals surface area contributed by atoms with Gasteiger partial charge in [0.05, 0.1) is 16.3 Å². The molecule has 0 aliphatic heterocycles. The summed E-state index contributed by atoms with van der Waals surface area (Å²) in [6, 6.07) is 7.64. The number of hydrogen-bond donors (Lipinski definition) is 1. The van der Waals surface area contributed by atoms with E-state index >= 15 is 0 Å². The maximum absolute atomic E-state index is 10.8. The topological polar surface area (TPSA) is 73.0 Å². The molecular weight excluding hydrogens is 256 g/mol. The molecule has 1 aliphatic rings. The summed E-state index contributed by atoms with van der Waals surface area (Å²) in [4.78, 5) is 10.4. The van der Waals surface area contributed by atoms with Crippen LogP contribution in [0.5, 0.6) is 0 Å². The first-order valence-electron chi connectivity index (χ1n) is 6.67. The highest BCUT2D eigenvalue weighted by Crippen LogP contribution is 2.21. The van der Waals surface area contributed by atoms with E-state index in [1.165, 1.54) is 18.9 Å². The second-order valence-electron chi connectivity index (χ2n) is 5.13. The van der Waals surface area contributed by atoms with Crippen LogP contribution in [0.2, 0.25) is 0 Å². The Morgan fingerprint density at radius 2 is 2.25 bits per heavy atom. The molecule has 1 aromatic carbocycles. The molecule has 0 atom stereocenters. The first-order chi connectivity index (χ1) is 9.63. The van der Waals surface area contributed by atoms with Gasteiger partial charge in [0.2, 0.25) is 0 Å². The van der Waals surface area contributed by atoms with Gasteiger partial charge >= 0.3 is 0 Å². The van der Waals surface area contributed by atoms with Gasteiger partial charge in [-0.15, -0.1) is 0 Å². The Balaban J connectivity index is 1.77. The Labute approximate surface area is 116 Å². The van der Waals surface area contributed by atoms with E-state index in [1.54, 1.807) is 23.7 Å². The second-order valence-corrected chi connectivity index (χ2v) is 5.13. The van der Waals surface area contributed by atoms with Crippen molar-refractivity contribution in [1.82, 2.24) is 15.1 Å². The molecule has 1 fully saturated rings. The van der Waals surface area contributed by atoms with Gasteiger partial charge in [-0.3, -0.25) is 10.1 Å². The second kappa shape index (κ2) is 5.05. The maximum Gasteiger partial charge on any atom is 0.272 e. The van der Waals surface area contributed by atoms with Crippen molar-refractivity contribution in [3.63, 3.8) is 0 Å². The summed E-state index contributed by atoms with van der Waals surface area (Å²) in [5.74, 6) is 0. The third-order valence-corrected chi connectivity index (χ3v) is 3.44. The Bertz CT molecular complexity index is 646. The lowest BCUT2D eigenvalue weighted by Crippen LogP contribution is -2.15. The Morgan fingerprint density at radius 1 is 1.45 bits per heavy atom. The fraction of sp³-hybridized carbons (Fsp3) is 0.357. The highest BCUT2D eigenvalue weighted by molar-refractivity contribution is 5.47. The van der Waals surface area contributed by atoms with Crippen molar-refractivity contribution in [2.24, 2.45) is 0 Å². The van der Waals surface area contributed by atoms with Crippen LogP contribution in [0.1, 0.15) is 24.1 Å². The van der Waals surface area contributed by atoms with E-state index in [0.29, 0.717) is 11.6 Å². The number of benzene rings is 1. The highest BCUT2D eigenvalue weighted by atomic mass is 16.6. The van der Waals surface area contributed by atoms with Gasteiger partial charge in [0.1, 0.15) is 0 Å². The predicted octanol–water partition coefficient (Wildman–Crippen LogP) is 2.34. The van der Waals surface area contributed by atoms with Crippen molar-refractivity contribution in [1.29, 1.82) is 0 Å². The number of nitro benzene ring substituents is 1. The largest absolute Gasteiger partial charge is 0.308 e. The van der Waals surface area contributed by atoms with Crippen molar-refractivity contribution in [3.8, 4) is 5.69 Å². The van der Waals surface area contributed by atoms with Crippen molar-refractivity contribution in [3.05, 3.63) is 51.8 Å². The van der Waals surface area contributed by atoms with Crippen LogP contribution < -0.4 is 5.32 Å². The number of hydrogen-bond acceptors (Lipinski definition) is 4. The Morgan fingerprint density at radius 3 is 2.90 bits per heavy atom. The summed E-state index contributed by atoms with van der Waals surface area (Å²) < 4.78 is 1.75. The van der Waals surface area contributed by atoms with E-state index in [1.807, 2.05) is 12.3 Å². The number of aromatic nitrogens is 2. The van der Waals surface area contributed by atoms with E-state index in [9.17, 15) is 10.1 Å². The summed E-state index contributed by atoms with van der Waals surface area (Å²) >= 11 is 0. The number of nitrogens with zero attached hydrogens (tertiary/aromatic N) is 3. The van der Waals surface area contributed by atoms with E-state index in [-0.39, 0.29) is 10.6 Å². The number of nitrogens with one attached hydrogen (secondary N) is 1. The molecule has 1 aliphatic carbocycles. The van der Waals surface area contributed by atoms with Crippen LogP contribution in [-0.4, -0.2) is 20.7 Å². The number of rotatable bonds is 5. The Hall–Kier alpha value is -2.21. The predicted molar refractivity (Wildman–Crippen MR) is 74.8 cm³/mol. The van der Waals surface area contributed by atoms with Gasteiger partial charge in [-0.25, -0.2) is 4.68 Å². The van der Waals surface area contributed by atoms with Crippen LogP contribution in [0.25, 0.3) is 5.69 Å². The van der Waals surface area contributed by atoms with Crippen molar-refractivity contribution < 1.29 is 4.92 Å². The van der Waals surface area contributed by atoms with Crippen LogP contribution in [0.15, 0.2) is 30.5 Å². The normalized spacial score (nSPS) is 14.4.